The lowest BCUT2D eigenvalue weighted by Gasteiger charge is -2.04. The molecule has 0 saturated carbocycles. The molecule has 0 aliphatic carbocycles. The monoisotopic (exact) mass is 253 g/mol. The van der Waals surface area contributed by atoms with Crippen LogP contribution in [0.25, 0.3) is 22.4 Å². The van der Waals surface area contributed by atoms with Gasteiger partial charge in [0.05, 0.1) is 0 Å². The fourth-order valence-corrected chi connectivity index (χ4v) is 1.97. The fourth-order valence-electron chi connectivity index (χ4n) is 1.97. The first-order valence-electron chi connectivity index (χ1n) is 5.78. The number of phenols is 2. The highest BCUT2D eigenvalue weighted by atomic mass is 16.5. The molecule has 4 nitrogen and oxygen atoms in total. The summed E-state index contributed by atoms with van der Waals surface area (Å²) in [5, 5.41) is 23.1. The molecule has 2 N–H and O–H groups in total. The average molecular weight is 253 g/mol. The largest absolute Gasteiger partial charge is 0.508 e. The fraction of sp³-hybridized carbons (Fsp3) is 0. The van der Waals surface area contributed by atoms with Crippen molar-refractivity contribution in [2.75, 3.05) is 0 Å². The molecule has 0 radical (unpaired) electrons. The number of benzene rings is 2. The second-order valence-corrected chi connectivity index (χ2v) is 4.14. The van der Waals surface area contributed by atoms with E-state index in [1.165, 1.54) is 18.4 Å². The molecule has 3 rings (SSSR count). The van der Waals surface area contributed by atoms with E-state index < -0.39 is 0 Å². The van der Waals surface area contributed by atoms with Crippen LogP contribution in [-0.2, 0) is 0 Å². The molecule has 0 fully saturated rings. The Morgan fingerprint density at radius 1 is 0.895 bits per heavy atom. The Kier molecular flexibility index (Phi) is 2.68. The molecule has 0 amide bonds. The first-order chi connectivity index (χ1) is 9.25. The molecule has 0 spiro atoms. The number of rotatable bonds is 2. The molecule has 2 aromatic carbocycles. The Morgan fingerprint density at radius 2 is 1.68 bits per heavy atom. The summed E-state index contributed by atoms with van der Waals surface area (Å²) in [5.41, 5.74) is 2.81. The van der Waals surface area contributed by atoms with Gasteiger partial charge in [-0.1, -0.05) is 35.5 Å². The molecule has 0 aliphatic heterocycles. The predicted octanol–water partition coefficient (Wildman–Crippen LogP) is 3.42. The van der Waals surface area contributed by atoms with Gasteiger partial charge in [0.1, 0.15) is 23.5 Å². The van der Waals surface area contributed by atoms with E-state index in [9.17, 15) is 10.2 Å². The van der Waals surface area contributed by atoms with Gasteiger partial charge in [0, 0.05) is 17.2 Å². The summed E-state index contributed by atoms with van der Waals surface area (Å²) in [6.45, 7) is 0. The summed E-state index contributed by atoms with van der Waals surface area (Å²) in [7, 11) is 0. The number of phenolic OH excluding ortho intramolecular Hbond substituents is 2. The van der Waals surface area contributed by atoms with Crippen molar-refractivity contribution in [3.63, 3.8) is 0 Å². The van der Waals surface area contributed by atoms with Crippen molar-refractivity contribution in [3.05, 3.63) is 54.8 Å². The van der Waals surface area contributed by atoms with Crippen LogP contribution in [0.15, 0.2) is 59.3 Å². The van der Waals surface area contributed by atoms with Gasteiger partial charge >= 0.3 is 0 Å². The van der Waals surface area contributed by atoms with Gasteiger partial charge in [0.25, 0.3) is 0 Å². The van der Waals surface area contributed by atoms with E-state index in [4.69, 9.17) is 4.52 Å². The molecule has 19 heavy (non-hydrogen) atoms. The highest BCUT2D eigenvalue weighted by Gasteiger charge is 2.15. The summed E-state index contributed by atoms with van der Waals surface area (Å²) in [6.07, 6.45) is 1.54. The number of nitrogens with zero attached hydrogens (tertiary/aromatic N) is 1. The van der Waals surface area contributed by atoms with Crippen molar-refractivity contribution in [1.82, 2.24) is 5.16 Å². The van der Waals surface area contributed by atoms with Gasteiger partial charge in [0.2, 0.25) is 0 Å². The minimum atomic E-state index is -0.0360. The Balaban J connectivity index is 2.15. The second kappa shape index (κ2) is 4.49. The van der Waals surface area contributed by atoms with Crippen molar-refractivity contribution < 1.29 is 14.7 Å². The third-order valence-electron chi connectivity index (χ3n) is 2.89. The van der Waals surface area contributed by atoms with Crippen LogP contribution < -0.4 is 0 Å². The van der Waals surface area contributed by atoms with Crippen LogP contribution in [0, 0.1) is 0 Å². The maximum absolute atomic E-state index is 9.89. The second-order valence-electron chi connectivity index (χ2n) is 4.14. The van der Waals surface area contributed by atoms with E-state index in [1.807, 2.05) is 30.3 Å². The van der Waals surface area contributed by atoms with Gasteiger partial charge in [-0.05, 0) is 17.7 Å². The van der Waals surface area contributed by atoms with Gasteiger partial charge in [-0.15, -0.1) is 0 Å². The summed E-state index contributed by atoms with van der Waals surface area (Å²) >= 11 is 0. The van der Waals surface area contributed by atoms with Crippen LogP contribution in [-0.4, -0.2) is 15.4 Å². The minimum Gasteiger partial charge on any atom is -0.508 e. The van der Waals surface area contributed by atoms with Crippen LogP contribution >= 0.6 is 0 Å². The summed E-state index contributed by atoms with van der Waals surface area (Å²) in [4.78, 5) is 0. The first-order valence-corrected chi connectivity index (χ1v) is 5.78. The van der Waals surface area contributed by atoms with Crippen molar-refractivity contribution in [3.8, 4) is 33.9 Å². The molecule has 1 aromatic heterocycles. The molecule has 0 bridgehead atoms. The van der Waals surface area contributed by atoms with Gasteiger partial charge < -0.3 is 14.7 Å². The van der Waals surface area contributed by atoms with Crippen LogP contribution in [0.5, 0.6) is 11.5 Å². The number of aromatic nitrogens is 1. The van der Waals surface area contributed by atoms with Crippen molar-refractivity contribution in [1.29, 1.82) is 0 Å². The topological polar surface area (TPSA) is 66.5 Å². The lowest BCUT2D eigenvalue weighted by Crippen LogP contribution is -1.83. The molecule has 0 saturated heterocycles. The highest BCUT2D eigenvalue weighted by molar-refractivity contribution is 5.82. The maximum atomic E-state index is 9.89. The van der Waals surface area contributed by atoms with Crippen LogP contribution in [0.4, 0.5) is 0 Å². The van der Waals surface area contributed by atoms with Crippen LogP contribution in [0.2, 0.25) is 0 Å². The van der Waals surface area contributed by atoms with E-state index in [-0.39, 0.29) is 11.5 Å². The molecule has 0 atom stereocenters. The van der Waals surface area contributed by atoms with Crippen LogP contribution in [0.3, 0.4) is 0 Å². The number of hydrogen-bond donors (Lipinski definition) is 2. The lowest BCUT2D eigenvalue weighted by atomic mass is 10.0. The van der Waals surface area contributed by atoms with E-state index in [0.717, 1.165) is 11.1 Å². The van der Waals surface area contributed by atoms with Crippen molar-refractivity contribution in [2.24, 2.45) is 0 Å². The zero-order valence-corrected chi connectivity index (χ0v) is 9.95. The van der Waals surface area contributed by atoms with Crippen LogP contribution in [0.1, 0.15) is 0 Å². The molecule has 94 valence electrons. The zero-order valence-electron chi connectivity index (χ0n) is 9.95. The third kappa shape index (κ3) is 2.04. The molecular weight excluding hydrogens is 242 g/mol. The van der Waals surface area contributed by atoms with Gasteiger partial charge in [0.15, 0.2) is 0 Å². The Hall–Kier alpha value is -2.75. The van der Waals surface area contributed by atoms with E-state index >= 15 is 0 Å². The van der Waals surface area contributed by atoms with E-state index in [1.54, 1.807) is 6.07 Å². The van der Waals surface area contributed by atoms with Crippen molar-refractivity contribution >= 4 is 0 Å². The molecule has 0 unspecified atom stereocenters. The SMILES string of the molecule is Oc1ccc(-c2nocc2-c2ccccc2)c(O)c1. The smallest absolute Gasteiger partial charge is 0.132 e. The molecule has 3 aromatic rings. The maximum Gasteiger partial charge on any atom is 0.132 e. The zero-order chi connectivity index (χ0) is 13.2. The van der Waals surface area contributed by atoms with Gasteiger partial charge in [-0.25, -0.2) is 0 Å². The third-order valence-corrected chi connectivity index (χ3v) is 2.89. The molecular formula is C15H11NO3. The van der Waals surface area contributed by atoms with E-state index in [2.05, 4.69) is 5.16 Å². The molecule has 4 heteroatoms. The molecule has 0 aliphatic rings. The Bertz CT molecular complexity index is 704. The standard InChI is InChI=1S/C15H11NO3/c17-11-6-7-12(14(18)8-11)15-13(9-19-16-15)10-4-2-1-3-5-10/h1-9,17-18H. The predicted molar refractivity (Wildman–Crippen MR) is 70.7 cm³/mol. The Labute approximate surface area is 109 Å². The quantitative estimate of drug-likeness (QED) is 0.734. The Morgan fingerprint density at radius 3 is 2.42 bits per heavy atom. The van der Waals surface area contributed by atoms with Gasteiger partial charge in [-0.2, -0.15) is 0 Å². The summed E-state index contributed by atoms with van der Waals surface area (Å²) in [6, 6.07) is 14.0. The van der Waals surface area contributed by atoms with Gasteiger partial charge in [-0.3, -0.25) is 0 Å². The average Bonchev–Trinajstić information content (AvgIpc) is 2.89. The minimum absolute atomic E-state index is 0.00556. The number of hydrogen-bond acceptors (Lipinski definition) is 4. The summed E-state index contributed by atoms with van der Waals surface area (Å²) in [5.74, 6) is -0.0305. The van der Waals surface area contributed by atoms with E-state index in [0.29, 0.717) is 11.3 Å². The summed E-state index contributed by atoms with van der Waals surface area (Å²) < 4.78 is 5.02. The highest BCUT2D eigenvalue weighted by Crippen LogP contribution is 2.37. The first kappa shape index (κ1) is 11.3. The number of aromatic hydroxyl groups is 2. The normalized spacial score (nSPS) is 10.5. The molecule has 1 heterocycles. The van der Waals surface area contributed by atoms with Crippen molar-refractivity contribution in [2.45, 2.75) is 0 Å². The lowest BCUT2D eigenvalue weighted by molar-refractivity contribution is 0.421.